The number of fused-ring (bicyclic) bond motifs is 3. The van der Waals surface area contributed by atoms with Gasteiger partial charge in [-0.15, -0.1) is 5.10 Å². The van der Waals surface area contributed by atoms with E-state index < -0.39 is 0 Å². The van der Waals surface area contributed by atoms with Crippen LogP contribution in [0.1, 0.15) is 62.8 Å². The van der Waals surface area contributed by atoms with Crippen LogP contribution in [0.25, 0.3) is 17.0 Å². The number of hydrogen-bond donors (Lipinski definition) is 0. The molecule has 0 spiro atoms. The predicted octanol–water partition coefficient (Wildman–Crippen LogP) is 4.75. The van der Waals surface area contributed by atoms with Crippen LogP contribution in [0.15, 0.2) is 36.5 Å². The van der Waals surface area contributed by atoms with E-state index in [0.717, 1.165) is 35.4 Å². The maximum absolute atomic E-state index is 5.47. The summed E-state index contributed by atoms with van der Waals surface area (Å²) in [4.78, 5) is 10.5. The molecule has 4 fully saturated rings. The predicted molar refractivity (Wildman–Crippen MR) is 140 cm³/mol. The molecule has 190 valence electrons. The molecular weight excluding hydrogens is 450 g/mol. The number of nitrogens with zero attached hydrogens (tertiary/aromatic N) is 5. The molecule has 2 aromatic heterocycles. The third-order valence-electron chi connectivity index (χ3n) is 9.24. The van der Waals surface area contributed by atoms with Crippen molar-refractivity contribution in [1.29, 1.82) is 0 Å². The molecule has 1 aliphatic carbocycles. The number of hydrogen-bond acceptors (Lipinski definition) is 6. The minimum atomic E-state index is 0.614. The quantitative estimate of drug-likeness (QED) is 0.500. The monoisotopic (exact) mass is 487 g/mol. The zero-order valence-corrected chi connectivity index (χ0v) is 21.5. The number of benzene rings is 1. The van der Waals surface area contributed by atoms with Crippen molar-refractivity contribution >= 4 is 5.65 Å². The summed E-state index contributed by atoms with van der Waals surface area (Å²) < 4.78 is 12.8. The fourth-order valence-corrected chi connectivity index (χ4v) is 7.31. The van der Waals surface area contributed by atoms with Crippen molar-refractivity contribution in [3.05, 3.63) is 42.1 Å². The van der Waals surface area contributed by atoms with E-state index in [1.807, 2.05) is 22.7 Å². The Balaban J connectivity index is 1.08. The molecule has 2 bridgehead atoms. The van der Waals surface area contributed by atoms with Gasteiger partial charge in [0.05, 0.1) is 14.2 Å². The molecule has 2 atom stereocenters. The molecule has 0 N–H and O–H groups in total. The molecule has 5 heterocycles. The highest BCUT2D eigenvalue weighted by Crippen LogP contribution is 2.45. The van der Waals surface area contributed by atoms with Crippen molar-refractivity contribution in [2.24, 2.45) is 0 Å². The van der Waals surface area contributed by atoms with Crippen LogP contribution in [0.2, 0.25) is 0 Å². The zero-order valence-electron chi connectivity index (χ0n) is 21.5. The van der Waals surface area contributed by atoms with Gasteiger partial charge in [0.2, 0.25) is 0 Å². The fraction of sp³-hybridized carbons (Fsp3) is 0.586. The fourth-order valence-electron chi connectivity index (χ4n) is 7.31. The maximum Gasteiger partial charge on any atom is 0.182 e. The summed E-state index contributed by atoms with van der Waals surface area (Å²) in [6, 6.07) is 13.5. The highest BCUT2D eigenvalue weighted by atomic mass is 16.5. The third kappa shape index (κ3) is 3.97. The summed E-state index contributed by atoms with van der Waals surface area (Å²) in [5.41, 5.74) is 3.22. The lowest BCUT2D eigenvalue weighted by Gasteiger charge is -2.46. The molecule has 1 aromatic carbocycles. The van der Waals surface area contributed by atoms with Crippen molar-refractivity contribution in [3.8, 4) is 22.9 Å². The minimum Gasteiger partial charge on any atom is -0.493 e. The van der Waals surface area contributed by atoms with Gasteiger partial charge in [0.15, 0.2) is 23.0 Å². The summed E-state index contributed by atoms with van der Waals surface area (Å²) in [7, 11) is 3.30. The largest absolute Gasteiger partial charge is 0.493 e. The molecule has 0 amide bonds. The number of rotatable bonds is 6. The summed E-state index contributed by atoms with van der Waals surface area (Å²) in [5, 5.41) is 4.83. The Kier molecular flexibility index (Phi) is 5.66. The Labute approximate surface area is 213 Å². The lowest BCUT2D eigenvalue weighted by atomic mass is 9.84. The number of pyridine rings is 1. The average molecular weight is 488 g/mol. The molecule has 2 unspecified atom stereocenters. The van der Waals surface area contributed by atoms with Crippen molar-refractivity contribution in [2.45, 2.75) is 81.5 Å². The molecule has 36 heavy (non-hydrogen) atoms. The van der Waals surface area contributed by atoms with Gasteiger partial charge in [0.1, 0.15) is 0 Å². The van der Waals surface area contributed by atoms with Gasteiger partial charge in [-0.25, -0.2) is 9.50 Å². The van der Waals surface area contributed by atoms with Crippen LogP contribution in [-0.4, -0.2) is 75.9 Å². The molecule has 1 saturated carbocycles. The lowest BCUT2D eigenvalue weighted by molar-refractivity contribution is 0.0359. The molecule has 3 saturated heterocycles. The Morgan fingerprint density at radius 1 is 0.778 bits per heavy atom. The summed E-state index contributed by atoms with van der Waals surface area (Å²) in [6.07, 6.45) is 13.2. The van der Waals surface area contributed by atoms with Gasteiger partial charge in [-0.1, -0.05) is 6.07 Å². The van der Waals surface area contributed by atoms with Gasteiger partial charge >= 0.3 is 0 Å². The maximum atomic E-state index is 5.47. The molecular formula is C29H37N5O2. The van der Waals surface area contributed by atoms with Crippen LogP contribution in [-0.2, 0) is 0 Å². The summed E-state index contributed by atoms with van der Waals surface area (Å²) in [6.45, 7) is 2.64. The number of ether oxygens (including phenoxy) is 2. The average Bonchev–Trinajstić information content (AvgIpc) is 3.63. The smallest absolute Gasteiger partial charge is 0.182 e. The Bertz CT molecular complexity index is 1230. The van der Waals surface area contributed by atoms with Crippen molar-refractivity contribution in [1.82, 2.24) is 24.4 Å². The van der Waals surface area contributed by atoms with E-state index in [-0.39, 0.29) is 0 Å². The zero-order chi connectivity index (χ0) is 24.2. The van der Waals surface area contributed by atoms with Gasteiger partial charge in [0.25, 0.3) is 0 Å². The number of methoxy groups -OCH3 is 2. The van der Waals surface area contributed by atoms with E-state index in [0.29, 0.717) is 23.2 Å². The van der Waals surface area contributed by atoms with Gasteiger partial charge in [0, 0.05) is 35.9 Å². The van der Waals surface area contributed by atoms with Crippen molar-refractivity contribution < 1.29 is 9.47 Å². The first-order valence-corrected chi connectivity index (χ1v) is 13.8. The van der Waals surface area contributed by atoms with Crippen molar-refractivity contribution in [3.63, 3.8) is 0 Å². The van der Waals surface area contributed by atoms with Crippen LogP contribution in [0.4, 0.5) is 0 Å². The second-order valence-electron chi connectivity index (χ2n) is 11.3. The number of likely N-dealkylation sites (tertiary alicyclic amines) is 1. The van der Waals surface area contributed by atoms with E-state index in [2.05, 4.69) is 28.1 Å². The first kappa shape index (κ1) is 22.5. The topological polar surface area (TPSA) is 55.1 Å². The summed E-state index contributed by atoms with van der Waals surface area (Å²) >= 11 is 0. The van der Waals surface area contributed by atoms with E-state index in [1.165, 1.54) is 70.0 Å². The molecule has 4 aliphatic rings. The summed E-state index contributed by atoms with van der Waals surface area (Å²) in [5.74, 6) is 2.72. The highest BCUT2D eigenvalue weighted by Gasteiger charge is 2.45. The van der Waals surface area contributed by atoms with Crippen LogP contribution in [0, 0.1) is 0 Å². The van der Waals surface area contributed by atoms with Crippen molar-refractivity contribution in [2.75, 3.05) is 27.3 Å². The minimum absolute atomic E-state index is 0.614. The van der Waals surface area contributed by atoms with Gasteiger partial charge in [-0.2, -0.15) is 0 Å². The first-order chi connectivity index (χ1) is 17.7. The van der Waals surface area contributed by atoms with Crippen LogP contribution >= 0.6 is 0 Å². The second kappa shape index (κ2) is 9.03. The van der Waals surface area contributed by atoms with E-state index in [4.69, 9.17) is 19.6 Å². The number of aromatic nitrogens is 3. The van der Waals surface area contributed by atoms with Crippen LogP contribution < -0.4 is 9.47 Å². The first-order valence-electron chi connectivity index (χ1n) is 13.8. The van der Waals surface area contributed by atoms with Gasteiger partial charge in [-0.05, 0) is 100 Å². The SMILES string of the molecule is COc1ccc(-c2nc3ccc(C4CC5CCC(C4)N5C4CCN(C5CC5)CC4)cn3n2)cc1OC. The molecule has 7 nitrogen and oxygen atoms in total. The highest BCUT2D eigenvalue weighted by molar-refractivity contribution is 5.63. The van der Waals surface area contributed by atoms with E-state index >= 15 is 0 Å². The molecule has 7 heteroatoms. The van der Waals surface area contributed by atoms with E-state index in [1.54, 1.807) is 14.2 Å². The second-order valence-corrected chi connectivity index (χ2v) is 11.3. The van der Waals surface area contributed by atoms with Gasteiger partial charge in [-0.3, -0.25) is 4.90 Å². The van der Waals surface area contributed by atoms with Crippen LogP contribution in [0.5, 0.6) is 11.5 Å². The standard InChI is InChI=1S/C29H37N5O2/c1-35-26-9-3-19(17-27(26)36-2)29-30-28-10-4-20(18-33(28)31-29)21-15-24-7-8-25(16-21)34(24)23-11-13-32(14-12-23)22-5-6-22/h3-4,9-10,17-18,21-25H,5-8,11-16H2,1-2H3. The Morgan fingerprint density at radius 2 is 1.50 bits per heavy atom. The molecule has 0 radical (unpaired) electrons. The van der Waals surface area contributed by atoms with Gasteiger partial charge < -0.3 is 14.4 Å². The Hall–Kier alpha value is -2.64. The van der Waals surface area contributed by atoms with E-state index in [9.17, 15) is 0 Å². The lowest BCUT2D eigenvalue weighted by Crippen LogP contribution is -2.52. The Morgan fingerprint density at radius 3 is 2.19 bits per heavy atom. The number of piperidine rings is 2. The molecule has 3 aromatic rings. The molecule has 7 rings (SSSR count). The normalized spacial score (nSPS) is 27.6. The molecule has 3 aliphatic heterocycles. The van der Waals surface area contributed by atoms with Crippen LogP contribution in [0.3, 0.4) is 0 Å². The third-order valence-corrected chi connectivity index (χ3v) is 9.24.